The largest absolute Gasteiger partial charge is 0.495 e. The zero-order chi connectivity index (χ0) is 23.5. The molecule has 9 nitrogen and oxygen atoms in total. The van der Waals surface area contributed by atoms with Crippen LogP contribution in [0.15, 0.2) is 47.4 Å². The summed E-state index contributed by atoms with van der Waals surface area (Å²) < 4.78 is 58.9. The molecule has 2 aromatic rings. The second kappa shape index (κ2) is 9.93. The number of ether oxygens (including phenoxy) is 1. The fraction of sp³-hybridized carbons (Fsp3) is 0.350. The van der Waals surface area contributed by atoms with Crippen molar-refractivity contribution in [1.82, 2.24) is 4.31 Å². The molecule has 1 saturated heterocycles. The first-order valence-electron chi connectivity index (χ1n) is 9.73. The van der Waals surface area contributed by atoms with E-state index in [0.29, 0.717) is 18.8 Å². The lowest BCUT2D eigenvalue weighted by molar-refractivity contribution is -0.114. The maximum Gasteiger partial charge on any atom is 0.245 e. The number of benzene rings is 2. The molecule has 1 amide bonds. The number of hydrogen-bond donors (Lipinski definition) is 1. The first-order chi connectivity index (χ1) is 15.0. The monoisotopic (exact) mass is 593 g/mol. The number of carbonyl (C=O) groups excluding carboxylic acids is 1. The number of nitrogens with zero attached hydrogens (tertiary/aromatic N) is 2. The first kappa shape index (κ1) is 24.7. The maximum absolute atomic E-state index is 12.9. The van der Waals surface area contributed by atoms with Crippen molar-refractivity contribution in [2.45, 2.75) is 17.7 Å². The second-order valence-electron chi connectivity index (χ2n) is 7.27. The molecule has 0 aliphatic carbocycles. The zero-order valence-corrected chi connectivity index (χ0v) is 21.4. The Hall–Kier alpha value is -1.90. The lowest BCUT2D eigenvalue weighted by atomic mass is 10.3. The third kappa shape index (κ3) is 5.71. The number of sulfonamides is 2. The predicted octanol–water partition coefficient (Wildman–Crippen LogP) is 2.49. The van der Waals surface area contributed by atoms with E-state index in [1.165, 1.54) is 29.6 Å². The molecule has 1 heterocycles. The third-order valence-corrected chi connectivity index (χ3v) is 8.70. The summed E-state index contributed by atoms with van der Waals surface area (Å²) in [4.78, 5) is 12.8. The van der Waals surface area contributed by atoms with Gasteiger partial charge in [0.05, 0.1) is 29.6 Å². The smallest absolute Gasteiger partial charge is 0.245 e. The van der Waals surface area contributed by atoms with Crippen LogP contribution in [0.1, 0.15) is 12.8 Å². The summed E-state index contributed by atoms with van der Waals surface area (Å²) in [5.41, 5.74) is 0.495. The fourth-order valence-corrected chi connectivity index (χ4v) is 6.11. The van der Waals surface area contributed by atoms with Gasteiger partial charge in [-0.3, -0.25) is 9.10 Å². The molecule has 2 aromatic carbocycles. The maximum atomic E-state index is 12.9. The molecule has 1 fully saturated rings. The summed E-state index contributed by atoms with van der Waals surface area (Å²) in [5.74, 6) is -0.373. The number of rotatable bonds is 8. The summed E-state index contributed by atoms with van der Waals surface area (Å²) in [5, 5.41) is 2.59. The van der Waals surface area contributed by atoms with Gasteiger partial charge in [-0.15, -0.1) is 0 Å². The van der Waals surface area contributed by atoms with Crippen LogP contribution in [-0.2, 0) is 24.8 Å². The molecule has 1 aliphatic heterocycles. The van der Waals surface area contributed by atoms with Crippen LogP contribution in [0.25, 0.3) is 0 Å². The molecule has 1 aliphatic rings. The van der Waals surface area contributed by atoms with Crippen molar-refractivity contribution in [3.05, 3.63) is 46.0 Å². The molecule has 0 unspecified atom stereocenters. The van der Waals surface area contributed by atoms with Crippen LogP contribution in [0.4, 0.5) is 11.4 Å². The SMILES string of the molecule is COc1ccc(S(=O)(=O)N2CCCC2)cc1NC(=O)CN(c1ccc(I)cc1)S(C)(=O)=O. The van der Waals surface area contributed by atoms with Crippen molar-refractivity contribution < 1.29 is 26.4 Å². The summed E-state index contributed by atoms with van der Waals surface area (Å²) in [6, 6.07) is 10.9. The molecule has 0 saturated carbocycles. The van der Waals surface area contributed by atoms with Crippen molar-refractivity contribution in [3.63, 3.8) is 0 Å². The van der Waals surface area contributed by atoms with Gasteiger partial charge < -0.3 is 10.1 Å². The number of halogens is 1. The Balaban J connectivity index is 1.86. The van der Waals surface area contributed by atoms with E-state index in [9.17, 15) is 21.6 Å². The Labute approximate surface area is 202 Å². The van der Waals surface area contributed by atoms with Crippen molar-refractivity contribution in [3.8, 4) is 5.75 Å². The van der Waals surface area contributed by atoms with Gasteiger partial charge in [0.25, 0.3) is 0 Å². The van der Waals surface area contributed by atoms with Gasteiger partial charge in [-0.25, -0.2) is 16.8 Å². The van der Waals surface area contributed by atoms with E-state index >= 15 is 0 Å². The van der Waals surface area contributed by atoms with Gasteiger partial charge in [-0.2, -0.15) is 4.31 Å². The lowest BCUT2D eigenvalue weighted by Crippen LogP contribution is -2.37. The molecule has 12 heteroatoms. The molecule has 0 radical (unpaired) electrons. The van der Waals surface area contributed by atoms with E-state index in [2.05, 4.69) is 27.9 Å². The second-order valence-corrected chi connectivity index (χ2v) is 12.4. The van der Waals surface area contributed by atoms with Crippen molar-refractivity contribution in [2.24, 2.45) is 0 Å². The van der Waals surface area contributed by atoms with Gasteiger partial charge in [0, 0.05) is 16.7 Å². The molecule has 0 bridgehead atoms. The molecule has 32 heavy (non-hydrogen) atoms. The van der Waals surface area contributed by atoms with E-state index in [-0.39, 0.29) is 16.3 Å². The highest BCUT2D eigenvalue weighted by Crippen LogP contribution is 2.30. The van der Waals surface area contributed by atoms with Crippen LogP contribution < -0.4 is 14.4 Å². The highest BCUT2D eigenvalue weighted by atomic mass is 127. The summed E-state index contributed by atoms with van der Waals surface area (Å²) in [7, 11) is -6.04. The zero-order valence-electron chi connectivity index (χ0n) is 17.6. The quantitative estimate of drug-likeness (QED) is 0.471. The highest BCUT2D eigenvalue weighted by Gasteiger charge is 2.28. The van der Waals surface area contributed by atoms with Crippen LogP contribution in [0.2, 0.25) is 0 Å². The number of hydrogen-bond acceptors (Lipinski definition) is 6. The normalized spacial score (nSPS) is 14.8. The first-order valence-corrected chi connectivity index (χ1v) is 14.1. The lowest BCUT2D eigenvalue weighted by Gasteiger charge is -2.22. The van der Waals surface area contributed by atoms with Crippen LogP contribution >= 0.6 is 22.6 Å². The molecule has 0 aromatic heterocycles. The average Bonchev–Trinajstić information content (AvgIpc) is 3.28. The average molecular weight is 593 g/mol. The van der Waals surface area contributed by atoms with Crippen molar-refractivity contribution in [2.75, 3.05) is 42.6 Å². The number of methoxy groups -OCH3 is 1. The molecular formula is C20H24IN3O6S2. The Morgan fingerprint density at radius 3 is 2.28 bits per heavy atom. The summed E-state index contributed by atoms with van der Waals surface area (Å²) in [6.45, 7) is 0.427. The van der Waals surface area contributed by atoms with E-state index in [1.807, 2.05) is 0 Å². The van der Waals surface area contributed by atoms with Gasteiger partial charge in [0.1, 0.15) is 12.3 Å². The molecule has 174 valence electrons. The third-order valence-electron chi connectivity index (χ3n) is 4.95. The van der Waals surface area contributed by atoms with Gasteiger partial charge in [-0.1, -0.05) is 0 Å². The van der Waals surface area contributed by atoms with Crippen LogP contribution in [-0.4, -0.2) is 60.0 Å². The van der Waals surface area contributed by atoms with E-state index < -0.39 is 32.5 Å². The number of nitrogens with one attached hydrogen (secondary N) is 1. The van der Waals surface area contributed by atoms with Crippen LogP contribution in [0.3, 0.4) is 0 Å². The Morgan fingerprint density at radius 2 is 1.72 bits per heavy atom. The van der Waals surface area contributed by atoms with Gasteiger partial charge >= 0.3 is 0 Å². The summed E-state index contributed by atoms with van der Waals surface area (Å²) in [6.07, 6.45) is 2.62. The molecule has 3 rings (SSSR count). The van der Waals surface area contributed by atoms with E-state index in [4.69, 9.17) is 4.74 Å². The summed E-state index contributed by atoms with van der Waals surface area (Å²) >= 11 is 2.10. The van der Waals surface area contributed by atoms with Gasteiger partial charge in [-0.05, 0) is 77.9 Å². The molecule has 0 spiro atoms. The Bertz CT molecular complexity index is 1190. The minimum absolute atomic E-state index is 0.0353. The van der Waals surface area contributed by atoms with Crippen LogP contribution in [0.5, 0.6) is 5.75 Å². The molecular weight excluding hydrogens is 569 g/mol. The number of carbonyl (C=O) groups is 1. The van der Waals surface area contributed by atoms with E-state index in [1.54, 1.807) is 24.3 Å². The van der Waals surface area contributed by atoms with Gasteiger partial charge in [0.2, 0.25) is 26.0 Å². The Kier molecular flexibility index (Phi) is 7.68. The van der Waals surface area contributed by atoms with E-state index in [0.717, 1.165) is 27.0 Å². The predicted molar refractivity (Wildman–Crippen MR) is 131 cm³/mol. The van der Waals surface area contributed by atoms with Crippen molar-refractivity contribution >= 4 is 59.9 Å². The number of amides is 1. The fourth-order valence-electron chi connectivity index (χ4n) is 3.35. The van der Waals surface area contributed by atoms with Gasteiger partial charge in [0.15, 0.2) is 0 Å². The molecule has 1 N–H and O–H groups in total. The minimum atomic E-state index is -3.74. The number of anilines is 2. The highest BCUT2D eigenvalue weighted by molar-refractivity contribution is 14.1. The topological polar surface area (TPSA) is 113 Å². The van der Waals surface area contributed by atoms with Crippen LogP contribution in [0, 0.1) is 3.57 Å². The standard InChI is InChI=1S/C20H24IN3O6S2/c1-30-19-10-9-17(32(28,29)23-11-3-4-12-23)13-18(19)22-20(25)14-24(31(2,26)27)16-7-5-15(21)6-8-16/h5-10,13H,3-4,11-12,14H2,1-2H3,(H,22,25). The molecule has 0 atom stereocenters. The van der Waals surface area contributed by atoms with Crippen molar-refractivity contribution in [1.29, 1.82) is 0 Å². The Morgan fingerprint density at radius 1 is 1.09 bits per heavy atom. The minimum Gasteiger partial charge on any atom is -0.495 e.